The first-order chi connectivity index (χ1) is 6.31. The molecule has 2 aromatic rings. The van der Waals surface area contributed by atoms with Gasteiger partial charge in [0.25, 0.3) is 0 Å². The van der Waals surface area contributed by atoms with Gasteiger partial charge in [-0.15, -0.1) is 0 Å². The summed E-state index contributed by atoms with van der Waals surface area (Å²) < 4.78 is 0. The molecule has 1 heterocycles. The van der Waals surface area contributed by atoms with Gasteiger partial charge in [-0.05, 0) is 24.6 Å². The molecule has 0 amide bonds. The standard InChI is InChI=1S/C11H8N2/c1-8-5-9-3-2-4-10(6-12)11(9)13-7-8/h2-5,7H,1H3. The monoisotopic (exact) mass is 168 g/mol. The largest absolute Gasteiger partial charge is 0.255 e. The lowest BCUT2D eigenvalue weighted by Gasteiger charge is -1.99. The molecule has 1 aromatic carbocycles. The van der Waals surface area contributed by atoms with Crippen molar-refractivity contribution >= 4 is 10.9 Å². The summed E-state index contributed by atoms with van der Waals surface area (Å²) in [6.07, 6.45) is 1.78. The van der Waals surface area contributed by atoms with Crippen molar-refractivity contribution < 1.29 is 0 Å². The van der Waals surface area contributed by atoms with Gasteiger partial charge in [-0.3, -0.25) is 4.98 Å². The quantitative estimate of drug-likeness (QED) is 0.605. The van der Waals surface area contributed by atoms with Crippen molar-refractivity contribution in [1.82, 2.24) is 4.98 Å². The van der Waals surface area contributed by atoms with Crippen LogP contribution in [-0.4, -0.2) is 4.98 Å². The highest BCUT2D eigenvalue weighted by molar-refractivity contribution is 5.84. The fourth-order valence-corrected chi connectivity index (χ4v) is 1.36. The van der Waals surface area contributed by atoms with Crippen molar-refractivity contribution in [3.63, 3.8) is 0 Å². The number of benzene rings is 1. The molecule has 13 heavy (non-hydrogen) atoms. The summed E-state index contributed by atoms with van der Waals surface area (Å²) in [4.78, 5) is 4.23. The van der Waals surface area contributed by atoms with Crippen molar-refractivity contribution in [3.8, 4) is 6.07 Å². The van der Waals surface area contributed by atoms with Gasteiger partial charge in [0.15, 0.2) is 0 Å². The minimum atomic E-state index is 0.637. The molecular weight excluding hydrogens is 160 g/mol. The molecule has 62 valence electrons. The van der Waals surface area contributed by atoms with Crippen LogP contribution in [0.1, 0.15) is 11.1 Å². The number of para-hydroxylation sites is 1. The average molecular weight is 168 g/mol. The zero-order valence-corrected chi connectivity index (χ0v) is 7.28. The van der Waals surface area contributed by atoms with E-state index < -0.39 is 0 Å². The molecule has 0 aliphatic rings. The number of pyridine rings is 1. The van der Waals surface area contributed by atoms with E-state index in [9.17, 15) is 0 Å². The molecule has 0 aliphatic carbocycles. The van der Waals surface area contributed by atoms with Crippen molar-refractivity contribution in [2.45, 2.75) is 6.92 Å². The van der Waals surface area contributed by atoms with E-state index in [4.69, 9.17) is 5.26 Å². The highest BCUT2D eigenvalue weighted by Gasteiger charge is 1.99. The van der Waals surface area contributed by atoms with Crippen LogP contribution in [0.5, 0.6) is 0 Å². The predicted molar refractivity (Wildman–Crippen MR) is 51.2 cm³/mol. The summed E-state index contributed by atoms with van der Waals surface area (Å²) >= 11 is 0. The molecular formula is C11H8N2. The molecule has 0 spiro atoms. The zero-order chi connectivity index (χ0) is 9.26. The minimum absolute atomic E-state index is 0.637. The molecule has 0 radical (unpaired) electrons. The van der Waals surface area contributed by atoms with Gasteiger partial charge in [0.05, 0.1) is 11.1 Å². The van der Waals surface area contributed by atoms with Crippen LogP contribution in [0.25, 0.3) is 10.9 Å². The maximum absolute atomic E-state index is 8.81. The summed E-state index contributed by atoms with van der Waals surface area (Å²) in [5, 5.41) is 9.84. The molecule has 0 atom stereocenters. The number of aryl methyl sites for hydroxylation is 1. The maximum atomic E-state index is 8.81. The van der Waals surface area contributed by atoms with E-state index in [2.05, 4.69) is 11.1 Å². The topological polar surface area (TPSA) is 36.7 Å². The van der Waals surface area contributed by atoms with Gasteiger partial charge in [0, 0.05) is 11.6 Å². The first-order valence-electron chi connectivity index (χ1n) is 4.07. The lowest BCUT2D eigenvalue weighted by atomic mass is 10.1. The Morgan fingerprint density at radius 2 is 2.23 bits per heavy atom. The number of fused-ring (bicyclic) bond motifs is 1. The number of hydrogen-bond donors (Lipinski definition) is 0. The molecule has 2 heteroatoms. The lowest BCUT2D eigenvalue weighted by Crippen LogP contribution is -1.84. The molecule has 2 nitrogen and oxygen atoms in total. The Morgan fingerprint density at radius 3 is 3.00 bits per heavy atom. The Kier molecular flexibility index (Phi) is 1.71. The van der Waals surface area contributed by atoms with Gasteiger partial charge in [0.2, 0.25) is 0 Å². The van der Waals surface area contributed by atoms with E-state index in [1.807, 2.05) is 25.1 Å². The van der Waals surface area contributed by atoms with Crippen LogP contribution in [0.15, 0.2) is 30.5 Å². The third kappa shape index (κ3) is 1.25. The third-order valence-corrected chi connectivity index (χ3v) is 1.97. The van der Waals surface area contributed by atoms with Crippen LogP contribution in [-0.2, 0) is 0 Å². The van der Waals surface area contributed by atoms with E-state index in [0.717, 1.165) is 16.5 Å². The maximum Gasteiger partial charge on any atom is 0.101 e. The van der Waals surface area contributed by atoms with Crippen LogP contribution >= 0.6 is 0 Å². The van der Waals surface area contributed by atoms with Gasteiger partial charge in [-0.1, -0.05) is 12.1 Å². The Bertz CT molecular complexity index is 495. The molecule has 0 N–H and O–H groups in total. The second-order valence-corrected chi connectivity index (χ2v) is 3.00. The van der Waals surface area contributed by atoms with E-state index in [0.29, 0.717) is 5.56 Å². The summed E-state index contributed by atoms with van der Waals surface area (Å²) in [6, 6.07) is 9.79. The highest BCUT2D eigenvalue weighted by atomic mass is 14.7. The molecule has 0 aliphatic heterocycles. The summed E-state index contributed by atoms with van der Waals surface area (Å²) in [5.41, 5.74) is 2.54. The summed E-state index contributed by atoms with van der Waals surface area (Å²) in [6.45, 7) is 1.99. The van der Waals surface area contributed by atoms with Crippen LogP contribution in [0, 0.1) is 18.3 Å². The second kappa shape index (κ2) is 2.87. The Hall–Kier alpha value is -1.88. The molecule has 0 saturated heterocycles. The molecule has 1 aromatic heterocycles. The third-order valence-electron chi connectivity index (χ3n) is 1.97. The average Bonchev–Trinajstić information content (AvgIpc) is 2.16. The molecule has 2 rings (SSSR count). The number of hydrogen-bond acceptors (Lipinski definition) is 2. The Balaban J connectivity index is 2.87. The predicted octanol–water partition coefficient (Wildman–Crippen LogP) is 2.41. The second-order valence-electron chi connectivity index (χ2n) is 3.00. The summed E-state index contributed by atoms with van der Waals surface area (Å²) in [7, 11) is 0. The van der Waals surface area contributed by atoms with Crippen molar-refractivity contribution in [2.24, 2.45) is 0 Å². The first-order valence-corrected chi connectivity index (χ1v) is 4.07. The van der Waals surface area contributed by atoms with Gasteiger partial charge >= 0.3 is 0 Å². The number of rotatable bonds is 0. The SMILES string of the molecule is Cc1cnc2c(C#N)cccc2c1. The molecule has 0 saturated carbocycles. The fourth-order valence-electron chi connectivity index (χ4n) is 1.36. The molecule has 0 fully saturated rings. The normalized spacial score (nSPS) is 9.85. The zero-order valence-electron chi connectivity index (χ0n) is 7.28. The highest BCUT2D eigenvalue weighted by Crippen LogP contribution is 2.16. The van der Waals surface area contributed by atoms with E-state index >= 15 is 0 Å². The van der Waals surface area contributed by atoms with Gasteiger partial charge in [-0.25, -0.2) is 0 Å². The summed E-state index contributed by atoms with van der Waals surface area (Å²) in [5.74, 6) is 0. The first kappa shape index (κ1) is 7.75. The Morgan fingerprint density at radius 1 is 1.38 bits per heavy atom. The van der Waals surface area contributed by atoms with E-state index in [-0.39, 0.29) is 0 Å². The van der Waals surface area contributed by atoms with Crippen molar-refractivity contribution in [3.05, 3.63) is 41.6 Å². The molecule has 0 unspecified atom stereocenters. The minimum Gasteiger partial charge on any atom is -0.255 e. The van der Waals surface area contributed by atoms with E-state index in [1.54, 1.807) is 12.3 Å². The number of nitriles is 1. The van der Waals surface area contributed by atoms with Crippen LogP contribution in [0.3, 0.4) is 0 Å². The Labute approximate surface area is 76.5 Å². The van der Waals surface area contributed by atoms with Gasteiger partial charge in [0.1, 0.15) is 6.07 Å². The number of aromatic nitrogens is 1. The van der Waals surface area contributed by atoms with Crippen LogP contribution in [0.2, 0.25) is 0 Å². The lowest BCUT2D eigenvalue weighted by molar-refractivity contribution is 1.32. The molecule has 0 bridgehead atoms. The van der Waals surface area contributed by atoms with E-state index in [1.165, 1.54) is 0 Å². The van der Waals surface area contributed by atoms with Gasteiger partial charge in [-0.2, -0.15) is 5.26 Å². The van der Waals surface area contributed by atoms with Crippen LogP contribution in [0.4, 0.5) is 0 Å². The van der Waals surface area contributed by atoms with Crippen molar-refractivity contribution in [1.29, 1.82) is 5.26 Å². The smallest absolute Gasteiger partial charge is 0.101 e. The van der Waals surface area contributed by atoms with Crippen LogP contribution < -0.4 is 0 Å². The number of nitrogens with zero attached hydrogens (tertiary/aromatic N) is 2. The van der Waals surface area contributed by atoms with Crippen molar-refractivity contribution in [2.75, 3.05) is 0 Å². The fraction of sp³-hybridized carbons (Fsp3) is 0.0909. The van der Waals surface area contributed by atoms with Gasteiger partial charge < -0.3 is 0 Å².